The van der Waals surface area contributed by atoms with Crippen LogP contribution in [0.3, 0.4) is 0 Å². The molecule has 0 aliphatic heterocycles. The van der Waals surface area contributed by atoms with Gasteiger partial charge in [0.05, 0.1) is 32.5 Å². The lowest BCUT2D eigenvalue weighted by Gasteiger charge is -1.93. The van der Waals surface area contributed by atoms with Gasteiger partial charge < -0.3 is 25.5 Å². The van der Waals surface area contributed by atoms with E-state index in [1.807, 2.05) is 0 Å². The Morgan fingerprint density at radius 1 is 0.404 bits per heavy atom. The summed E-state index contributed by atoms with van der Waals surface area (Å²) in [4.78, 5) is 137. The number of aliphatic hydroxyl groups excluding tert-OH is 2. The van der Waals surface area contributed by atoms with Crippen molar-refractivity contribution in [2.75, 3.05) is 13.2 Å². The Balaban J connectivity index is -0.000000262. The number of nitrogens with one attached hydrogen (secondary N) is 9. The number of carbonyl (C=O) groups is 3. The number of carboxylic acid groups (broad SMARTS) is 3. The highest BCUT2D eigenvalue weighted by Gasteiger charge is 2.00. The van der Waals surface area contributed by atoms with Crippen molar-refractivity contribution in [2.45, 2.75) is 55.8 Å². The van der Waals surface area contributed by atoms with Crippen LogP contribution >= 0.6 is 37.9 Å². The van der Waals surface area contributed by atoms with Crippen molar-refractivity contribution in [3.05, 3.63) is 94.4 Å². The maximum atomic E-state index is 10.2. The number of carboxylic acids is 3. The molecule has 0 spiro atoms. The molecule has 0 amide bonds. The maximum Gasteiger partial charge on any atom is 0.330 e. The van der Waals surface area contributed by atoms with Gasteiger partial charge in [0.2, 0.25) is 0 Å². The van der Waals surface area contributed by atoms with E-state index in [1.165, 1.54) is 0 Å². The summed E-state index contributed by atoms with van der Waals surface area (Å²) in [6.45, 7) is 4.99. The van der Waals surface area contributed by atoms with Gasteiger partial charge in [-0.2, -0.15) is 37.9 Å². The summed E-state index contributed by atoms with van der Waals surface area (Å²) in [6, 6.07) is 0. The van der Waals surface area contributed by atoms with Crippen LogP contribution in [-0.4, -0.2) is 117 Å². The first-order valence-corrected chi connectivity index (χ1v) is 15.1. The van der Waals surface area contributed by atoms with E-state index in [9.17, 15) is 57.5 Å². The number of aromatic amines is 9. The number of aromatic nitrogens is 9. The highest BCUT2D eigenvalue weighted by atomic mass is 32.1. The number of hydrogen-bond donors (Lipinski definition) is 17. The third-order valence-electron chi connectivity index (χ3n) is 3.55. The van der Waals surface area contributed by atoms with Crippen LogP contribution < -0.4 is 51.2 Å². The summed E-state index contributed by atoms with van der Waals surface area (Å²) >= 11 is 11.6. The number of rotatable bonds is 7. The summed E-state index contributed by atoms with van der Waals surface area (Å²) < 4.78 is 0. The van der Waals surface area contributed by atoms with Crippen molar-refractivity contribution >= 4 is 55.8 Å². The van der Waals surface area contributed by atoms with Crippen LogP contribution in [0.2, 0.25) is 0 Å². The SMILES string of the molecule is CC(S)CC(=O)O.CC(S)CC(=O)O.CC(S)CC(=O)O.O=c1[nH]c(=O)[nH]c(=O)[nH]1.O=c1[nH]c(=O)[nH]c(=O)[nH]1.O=c1[nH]c(=O)[nH]c(=O)[nH]1.OCCO. The van der Waals surface area contributed by atoms with Crippen LogP contribution in [0.25, 0.3) is 0 Å². The Hall–Kier alpha value is -5.39. The molecule has 3 aromatic rings. The van der Waals surface area contributed by atoms with Gasteiger partial charge in [-0.25, -0.2) is 43.2 Å². The third-order valence-corrected chi connectivity index (χ3v) is 4.10. The minimum atomic E-state index is -0.802. The largest absolute Gasteiger partial charge is 0.481 e. The summed E-state index contributed by atoms with van der Waals surface area (Å²) in [5.74, 6) is -2.37. The molecule has 52 heavy (non-hydrogen) atoms. The molecule has 14 N–H and O–H groups in total. The van der Waals surface area contributed by atoms with Crippen LogP contribution in [0.1, 0.15) is 40.0 Å². The first-order valence-electron chi connectivity index (χ1n) is 13.5. The summed E-state index contributed by atoms with van der Waals surface area (Å²) in [7, 11) is 0. The summed E-state index contributed by atoms with van der Waals surface area (Å²) in [5, 5.41) is 39.3. The van der Waals surface area contributed by atoms with Crippen molar-refractivity contribution in [3.8, 4) is 0 Å². The Morgan fingerprint density at radius 3 is 0.558 bits per heavy atom. The molecule has 3 unspecified atom stereocenters. The molecule has 29 heteroatoms. The van der Waals surface area contributed by atoms with Gasteiger partial charge in [-0.15, -0.1) is 0 Å². The second-order valence-corrected chi connectivity index (χ2v) is 11.5. The zero-order chi connectivity index (χ0) is 41.6. The second kappa shape index (κ2) is 31.6. The maximum absolute atomic E-state index is 10.2. The van der Waals surface area contributed by atoms with Crippen LogP contribution in [0.4, 0.5) is 0 Å². The molecule has 0 aromatic carbocycles. The number of aliphatic carboxylic acids is 3. The molecule has 0 radical (unpaired) electrons. The van der Waals surface area contributed by atoms with Crippen molar-refractivity contribution in [2.24, 2.45) is 0 Å². The molecule has 0 aliphatic rings. The van der Waals surface area contributed by atoms with Gasteiger partial charge in [-0.3, -0.25) is 59.2 Å². The van der Waals surface area contributed by atoms with Crippen LogP contribution in [0, 0.1) is 0 Å². The van der Waals surface area contributed by atoms with E-state index in [-0.39, 0.29) is 48.2 Å². The number of aliphatic hydroxyl groups is 2. The average molecular weight is 810 g/mol. The van der Waals surface area contributed by atoms with Gasteiger partial charge in [-0.05, 0) is 0 Å². The second-order valence-electron chi connectivity index (χ2n) is 8.87. The highest BCUT2D eigenvalue weighted by Crippen LogP contribution is 1.98. The molecule has 3 aromatic heterocycles. The van der Waals surface area contributed by atoms with E-state index in [1.54, 1.807) is 65.6 Å². The van der Waals surface area contributed by atoms with E-state index >= 15 is 0 Å². The van der Waals surface area contributed by atoms with Crippen LogP contribution in [0.15, 0.2) is 43.2 Å². The Labute approximate surface area is 303 Å². The number of H-pyrrole nitrogens is 9. The average Bonchev–Trinajstić information content (AvgIpc) is 2.90. The van der Waals surface area contributed by atoms with Gasteiger partial charge in [0.15, 0.2) is 0 Å². The van der Waals surface area contributed by atoms with Crippen molar-refractivity contribution < 1.29 is 39.9 Å². The van der Waals surface area contributed by atoms with E-state index in [2.05, 4.69) is 37.9 Å². The van der Waals surface area contributed by atoms with Crippen LogP contribution in [0.5, 0.6) is 0 Å². The van der Waals surface area contributed by atoms with E-state index in [0.29, 0.717) is 0 Å². The first kappa shape index (κ1) is 53.4. The van der Waals surface area contributed by atoms with Gasteiger partial charge in [0.1, 0.15) is 0 Å². The predicted molar refractivity (Wildman–Crippen MR) is 191 cm³/mol. The molecule has 0 saturated heterocycles. The van der Waals surface area contributed by atoms with Crippen LogP contribution in [-0.2, 0) is 14.4 Å². The molecule has 0 saturated carbocycles. The monoisotopic (exact) mass is 809 g/mol. The lowest BCUT2D eigenvalue weighted by Crippen LogP contribution is -2.34. The quantitative estimate of drug-likeness (QED) is 0.0990. The van der Waals surface area contributed by atoms with E-state index < -0.39 is 69.1 Å². The standard InChI is InChI=1S/3C4H8O2S.3C3H3N3O3.C2H6O2/c3*1-3(7)2-4(5)6;3*7-1-4-2(8)6-3(9)5-1;3-1-2-4/h3*3,7H,2H2,1H3,(H,5,6);3*(H3,4,5,6,7,8,9);3-4H,1-2H2. The summed E-state index contributed by atoms with van der Waals surface area (Å²) in [5.41, 5.74) is -7.22. The van der Waals surface area contributed by atoms with Crippen molar-refractivity contribution in [1.29, 1.82) is 0 Å². The fraction of sp³-hybridized carbons (Fsp3) is 0.478. The van der Waals surface area contributed by atoms with Gasteiger partial charge in [-0.1, -0.05) is 20.8 Å². The Bertz CT molecular complexity index is 1520. The van der Waals surface area contributed by atoms with E-state index in [4.69, 9.17) is 25.5 Å². The van der Waals surface area contributed by atoms with Gasteiger partial charge in [0, 0.05) is 15.7 Å². The Kier molecular flexibility index (Phi) is 32.4. The molecule has 0 bridgehead atoms. The first-order chi connectivity index (χ1) is 23.8. The number of thiol groups is 3. The molecule has 0 fully saturated rings. The fourth-order valence-corrected chi connectivity index (χ4v) is 2.44. The zero-order valence-electron chi connectivity index (χ0n) is 27.2. The topological polar surface area (TPSA) is 448 Å². The van der Waals surface area contributed by atoms with E-state index in [0.717, 1.165) is 0 Å². The molecule has 3 heterocycles. The molecule has 0 aliphatic carbocycles. The lowest BCUT2D eigenvalue weighted by atomic mass is 10.3. The molecule has 3 rings (SSSR count). The summed E-state index contributed by atoms with van der Waals surface area (Å²) in [6.07, 6.45) is 0.426. The fourth-order valence-electron chi connectivity index (χ4n) is 1.97. The van der Waals surface area contributed by atoms with Crippen molar-refractivity contribution in [1.82, 2.24) is 44.9 Å². The van der Waals surface area contributed by atoms with Crippen molar-refractivity contribution in [3.63, 3.8) is 0 Å². The lowest BCUT2D eigenvalue weighted by molar-refractivity contribution is -0.137. The molecular formula is C23H39N9O17S3. The smallest absolute Gasteiger partial charge is 0.330 e. The molecule has 26 nitrogen and oxygen atoms in total. The van der Waals surface area contributed by atoms with Gasteiger partial charge in [0.25, 0.3) is 0 Å². The highest BCUT2D eigenvalue weighted by molar-refractivity contribution is 7.81. The number of hydrogen-bond acceptors (Lipinski definition) is 17. The minimum Gasteiger partial charge on any atom is -0.481 e. The molecule has 3 atom stereocenters. The normalized spacial score (nSPS) is 10.8. The Morgan fingerprint density at radius 2 is 0.519 bits per heavy atom. The van der Waals surface area contributed by atoms with Gasteiger partial charge >= 0.3 is 69.1 Å². The minimum absolute atomic E-state index is 0.0301. The molecule has 296 valence electrons. The zero-order valence-corrected chi connectivity index (χ0v) is 29.9. The third kappa shape index (κ3) is 44.6. The predicted octanol–water partition coefficient (Wildman–Crippen LogP) is -5.44. The molecular weight excluding hydrogens is 770 g/mol.